The summed E-state index contributed by atoms with van der Waals surface area (Å²) in [6.07, 6.45) is 4.62. The molecular formula is C18H24N4OS2. The van der Waals surface area contributed by atoms with E-state index >= 15 is 0 Å². The van der Waals surface area contributed by atoms with Crippen LogP contribution < -0.4 is 10.6 Å². The average Bonchev–Trinajstić information content (AvgIpc) is 3.03. The fraction of sp³-hybridized carbons (Fsp3) is 0.500. The van der Waals surface area contributed by atoms with Crippen molar-refractivity contribution in [1.82, 2.24) is 15.5 Å². The molecule has 1 aliphatic rings. The minimum atomic E-state index is 0.0907. The molecule has 2 N–H and O–H groups in total. The Balaban J connectivity index is 1.44. The number of hydrogen-bond donors (Lipinski definition) is 2. The summed E-state index contributed by atoms with van der Waals surface area (Å²) in [5, 5.41) is 15.4. The third kappa shape index (κ3) is 5.71. The van der Waals surface area contributed by atoms with E-state index in [1.807, 2.05) is 12.1 Å². The Kier molecular flexibility index (Phi) is 6.31. The molecule has 2 aromatic rings. The van der Waals surface area contributed by atoms with Gasteiger partial charge in [-0.05, 0) is 56.2 Å². The molecule has 0 spiro atoms. The summed E-state index contributed by atoms with van der Waals surface area (Å²) in [4.78, 5) is 12.1. The molecule has 0 radical (unpaired) electrons. The molecule has 1 aliphatic carbocycles. The highest BCUT2D eigenvalue weighted by Crippen LogP contribution is 2.28. The summed E-state index contributed by atoms with van der Waals surface area (Å²) in [5.74, 6) is 1.28. The summed E-state index contributed by atoms with van der Waals surface area (Å²) in [6, 6.07) is 8.46. The second-order valence-electron chi connectivity index (χ2n) is 6.68. The van der Waals surface area contributed by atoms with E-state index in [0.29, 0.717) is 11.8 Å². The standard InChI is InChI=1S/C18H24N4OS2/c1-12-6-8-14(9-7-12)19-16(23)11-24-18-22-21-17(25-18)20-15-5-3-4-13(2)10-15/h3-5,10,12,14H,6-9,11H2,1-2H3,(H,19,23)(H,20,21). The number of nitrogens with zero attached hydrogens (tertiary/aromatic N) is 2. The number of carbonyl (C=O) groups excluding carboxylic acids is 1. The zero-order valence-electron chi connectivity index (χ0n) is 14.6. The minimum Gasteiger partial charge on any atom is -0.353 e. The molecule has 0 bridgehead atoms. The second kappa shape index (κ2) is 8.67. The van der Waals surface area contributed by atoms with Crippen LogP contribution in [0.1, 0.15) is 38.2 Å². The Bertz CT molecular complexity index is 711. The van der Waals surface area contributed by atoms with Gasteiger partial charge in [0.2, 0.25) is 11.0 Å². The van der Waals surface area contributed by atoms with Gasteiger partial charge in [0, 0.05) is 11.7 Å². The van der Waals surface area contributed by atoms with Crippen LogP contribution in [0.5, 0.6) is 0 Å². The monoisotopic (exact) mass is 376 g/mol. The van der Waals surface area contributed by atoms with Gasteiger partial charge in [0.25, 0.3) is 0 Å². The highest BCUT2D eigenvalue weighted by molar-refractivity contribution is 8.01. The van der Waals surface area contributed by atoms with Crippen LogP contribution >= 0.6 is 23.1 Å². The molecule has 1 saturated carbocycles. The van der Waals surface area contributed by atoms with Crippen LogP contribution in [-0.4, -0.2) is 27.9 Å². The van der Waals surface area contributed by atoms with Crippen LogP contribution in [0.3, 0.4) is 0 Å². The quantitative estimate of drug-likeness (QED) is 0.733. The largest absolute Gasteiger partial charge is 0.353 e. The Morgan fingerprint density at radius 1 is 1.28 bits per heavy atom. The van der Waals surface area contributed by atoms with Crippen LogP contribution in [0, 0.1) is 12.8 Å². The molecule has 1 aromatic heterocycles. The van der Waals surface area contributed by atoms with Crippen molar-refractivity contribution in [3.05, 3.63) is 29.8 Å². The fourth-order valence-corrected chi connectivity index (χ4v) is 4.55. The molecule has 5 nitrogen and oxygen atoms in total. The van der Waals surface area contributed by atoms with Crippen LogP contribution in [0.15, 0.2) is 28.6 Å². The molecule has 3 rings (SSSR count). The smallest absolute Gasteiger partial charge is 0.230 e. The summed E-state index contributed by atoms with van der Waals surface area (Å²) in [7, 11) is 0. The molecule has 7 heteroatoms. The predicted molar refractivity (Wildman–Crippen MR) is 105 cm³/mol. The van der Waals surface area contributed by atoms with E-state index in [4.69, 9.17) is 0 Å². The van der Waals surface area contributed by atoms with Gasteiger partial charge in [-0.15, -0.1) is 10.2 Å². The molecule has 0 aliphatic heterocycles. The maximum atomic E-state index is 12.1. The molecule has 0 unspecified atom stereocenters. The zero-order valence-corrected chi connectivity index (χ0v) is 16.3. The summed E-state index contributed by atoms with van der Waals surface area (Å²) >= 11 is 2.92. The van der Waals surface area contributed by atoms with Gasteiger partial charge >= 0.3 is 0 Å². The number of hydrogen-bond acceptors (Lipinski definition) is 6. The summed E-state index contributed by atoms with van der Waals surface area (Å²) in [5.41, 5.74) is 2.19. The van der Waals surface area contributed by atoms with Gasteiger partial charge in [-0.2, -0.15) is 0 Å². The lowest BCUT2D eigenvalue weighted by molar-refractivity contribution is -0.119. The number of benzene rings is 1. The van der Waals surface area contributed by atoms with Crippen LogP contribution in [0.2, 0.25) is 0 Å². The second-order valence-corrected chi connectivity index (χ2v) is 8.88. The van der Waals surface area contributed by atoms with Crippen molar-refractivity contribution >= 4 is 39.8 Å². The molecule has 1 fully saturated rings. The van der Waals surface area contributed by atoms with Crippen molar-refractivity contribution in [2.75, 3.05) is 11.1 Å². The SMILES string of the molecule is Cc1cccc(Nc2nnc(SCC(=O)NC3CCC(C)CC3)s2)c1. The Hall–Kier alpha value is -1.60. The predicted octanol–water partition coefficient (Wildman–Crippen LogP) is 4.38. The van der Waals surface area contributed by atoms with Crippen molar-refractivity contribution in [2.24, 2.45) is 5.92 Å². The Morgan fingerprint density at radius 3 is 2.84 bits per heavy atom. The highest BCUT2D eigenvalue weighted by Gasteiger charge is 2.20. The number of aryl methyl sites for hydroxylation is 1. The third-order valence-electron chi connectivity index (χ3n) is 4.38. The van der Waals surface area contributed by atoms with E-state index in [1.165, 1.54) is 41.5 Å². The van der Waals surface area contributed by atoms with Crippen molar-refractivity contribution in [2.45, 2.75) is 49.9 Å². The number of thioether (sulfide) groups is 1. The number of nitrogens with one attached hydrogen (secondary N) is 2. The summed E-state index contributed by atoms with van der Waals surface area (Å²) in [6.45, 7) is 4.34. The molecule has 0 saturated heterocycles. The van der Waals surface area contributed by atoms with E-state index in [-0.39, 0.29) is 5.91 Å². The highest BCUT2D eigenvalue weighted by atomic mass is 32.2. The zero-order chi connectivity index (χ0) is 17.6. The summed E-state index contributed by atoms with van der Waals surface area (Å²) < 4.78 is 0.808. The number of aromatic nitrogens is 2. The molecule has 25 heavy (non-hydrogen) atoms. The average molecular weight is 377 g/mol. The molecule has 134 valence electrons. The van der Waals surface area contributed by atoms with E-state index in [0.717, 1.165) is 33.9 Å². The Labute approximate surface area is 157 Å². The van der Waals surface area contributed by atoms with Crippen molar-refractivity contribution in [3.63, 3.8) is 0 Å². The number of rotatable bonds is 6. The van der Waals surface area contributed by atoms with Gasteiger partial charge in [-0.1, -0.05) is 42.2 Å². The first-order valence-corrected chi connectivity index (χ1v) is 10.5. The van der Waals surface area contributed by atoms with E-state index < -0.39 is 0 Å². The van der Waals surface area contributed by atoms with Crippen molar-refractivity contribution < 1.29 is 4.79 Å². The van der Waals surface area contributed by atoms with E-state index in [1.54, 1.807) is 0 Å². The minimum absolute atomic E-state index is 0.0907. The lowest BCUT2D eigenvalue weighted by atomic mass is 9.87. The van der Waals surface area contributed by atoms with E-state index in [9.17, 15) is 4.79 Å². The van der Waals surface area contributed by atoms with Gasteiger partial charge in [0.1, 0.15) is 0 Å². The maximum absolute atomic E-state index is 12.1. The van der Waals surface area contributed by atoms with Crippen molar-refractivity contribution in [3.8, 4) is 0 Å². The van der Waals surface area contributed by atoms with Crippen LogP contribution in [0.25, 0.3) is 0 Å². The fourth-order valence-electron chi connectivity index (χ4n) is 2.97. The van der Waals surface area contributed by atoms with E-state index in [2.05, 4.69) is 46.8 Å². The van der Waals surface area contributed by atoms with Gasteiger partial charge < -0.3 is 10.6 Å². The normalized spacial score (nSPS) is 20.2. The first-order valence-electron chi connectivity index (χ1n) is 8.68. The van der Waals surface area contributed by atoms with Crippen LogP contribution in [-0.2, 0) is 4.79 Å². The first-order chi connectivity index (χ1) is 12.1. The van der Waals surface area contributed by atoms with Crippen LogP contribution in [0.4, 0.5) is 10.8 Å². The topological polar surface area (TPSA) is 66.9 Å². The van der Waals surface area contributed by atoms with Crippen molar-refractivity contribution in [1.29, 1.82) is 0 Å². The molecule has 1 aromatic carbocycles. The number of carbonyl (C=O) groups is 1. The molecular weight excluding hydrogens is 352 g/mol. The first kappa shape index (κ1) is 18.2. The Morgan fingerprint density at radius 2 is 2.08 bits per heavy atom. The maximum Gasteiger partial charge on any atom is 0.230 e. The molecule has 0 atom stereocenters. The third-order valence-corrected chi connectivity index (χ3v) is 6.36. The lowest BCUT2D eigenvalue weighted by Gasteiger charge is -2.26. The van der Waals surface area contributed by atoms with Gasteiger partial charge in [-0.25, -0.2) is 0 Å². The molecule has 1 heterocycles. The number of amides is 1. The lowest BCUT2D eigenvalue weighted by Crippen LogP contribution is -2.38. The number of anilines is 2. The van der Waals surface area contributed by atoms with Gasteiger partial charge in [0.05, 0.1) is 5.75 Å². The van der Waals surface area contributed by atoms with Gasteiger partial charge in [0.15, 0.2) is 4.34 Å². The molecule has 1 amide bonds. The van der Waals surface area contributed by atoms with Gasteiger partial charge in [-0.3, -0.25) is 4.79 Å².